The summed E-state index contributed by atoms with van der Waals surface area (Å²) >= 11 is 0. The number of nitrogens with zero attached hydrogens (tertiary/aromatic N) is 2. The predicted molar refractivity (Wildman–Crippen MR) is 83.9 cm³/mol. The summed E-state index contributed by atoms with van der Waals surface area (Å²) in [6.07, 6.45) is 1.18. The first-order valence-corrected chi connectivity index (χ1v) is 7.68. The average molecular weight is 260 g/mol. The summed E-state index contributed by atoms with van der Waals surface area (Å²) in [5.74, 6) is 0.734. The molecule has 2 rings (SSSR count). The Hall–Kier alpha value is -1.02. The van der Waals surface area contributed by atoms with Crippen molar-refractivity contribution in [3.05, 3.63) is 29.8 Å². The molecule has 1 unspecified atom stereocenters. The fraction of sp³-hybridized carbons (Fsp3) is 0.647. The number of anilines is 1. The zero-order valence-corrected chi connectivity index (χ0v) is 12.9. The van der Waals surface area contributed by atoms with Crippen LogP contribution in [0.2, 0.25) is 0 Å². The molecule has 0 bridgehead atoms. The average Bonchev–Trinajstić information content (AvgIpc) is 2.39. The van der Waals surface area contributed by atoms with E-state index in [1.165, 1.54) is 37.3 Å². The summed E-state index contributed by atoms with van der Waals surface area (Å²) in [5, 5.41) is 0. The van der Waals surface area contributed by atoms with Gasteiger partial charge in [-0.3, -0.25) is 4.90 Å². The monoisotopic (exact) mass is 260 g/mol. The van der Waals surface area contributed by atoms with Gasteiger partial charge in [0.2, 0.25) is 0 Å². The van der Waals surface area contributed by atoms with Gasteiger partial charge >= 0.3 is 0 Å². The molecule has 0 radical (unpaired) electrons. The SMILES string of the molecule is CCN1CCN(c2ccc(CC(C)C)cc2)C(C)C1. The molecular weight excluding hydrogens is 232 g/mol. The number of piperazine rings is 1. The Labute approximate surface area is 118 Å². The van der Waals surface area contributed by atoms with Crippen molar-refractivity contribution in [1.82, 2.24) is 4.90 Å². The lowest BCUT2D eigenvalue weighted by Gasteiger charge is -2.41. The van der Waals surface area contributed by atoms with Crippen LogP contribution in [0.15, 0.2) is 24.3 Å². The Morgan fingerprint density at radius 2 is 1.84 bits per heavy atom. The van der Waals surface area contributed by atoms with E-state index in [4.69, 9.17) is 0 Å². The maximum atomic E-state index is 2.55. The highest BCUT2D eigenvalue weighted by Crippen LogP contribution is 2.22. The second-order valence-corrected chi connectivity index (χ2v) is 6.20. The second kappa shape index (κ2) is 6.42. The lowest BCUT2D eigenvalue weighted by molar-refractivity contribution is 0.240. The zero-order chi connectivity index (χ0) is 13.8. The van der Waals surface area contributed by atoms with Gasteiger partial charge in [0.25, 0.3) is 0 Å². The van der Waals surface area contributed by atoms with Gasteiger partial charge in [0, 0.05) is 31.4 Å². The topological polar surface area (TPSA) is 6.48 Å². The van der Waals surface area contributed by atoms with Gasteiger partial charge in [-0.15, -0.1) is 0 Å². The third-order valence-electron chi connectivity index (χ3n) is 4.07. The van der Waals surface area contributed by atoms with E-state index in [0.29, 0.717) is 6.04 Å². The first kappa shape index (κ1) is 14.4. The van der Waals surface area contributed by atoms with Crippen LogP contribution in [0.1, 0.15) is 33.3 Å². The highest BCUT2D eigenvalue weighted by atomic mass is 15.3. The molecule has 1 fully saturated rings. The third kappa shape index (κ3) is 3.73. The Kier molecular flexibility index (Phi) is 4.87. The van der Waals surface area contributed by atoms with E-state index < -0.39 is 0 Å². The van der Waals surface area contributed by atoms with Gasteiger partial charge in [-0.1, -0.05) is 32.9 Å². The molecule has 0 N–H and O–H groups in total. The van der Waals surface area contributed by atoms with Crippen LogP contribution in [0.3, 0.4) is 0 Å². The van der Waals surface area contributed by atoms with E-state index in [9.17, 15) is 0 Å². The highest BCUT2D eigenvalue weighted by molar-refractivity contribution is 5.49. The smallest absolute Gasteiger partial charge is 0.0389 e. The largest absolute Gasteiger partial charge is 0.366 e. The molecule has 0 amide bonds. The van der Waals surface area contributed by atoms with Crippen LogP contribution in [0, 0.1) is 5.92 Å². The van der Waals surface area contributed by atoms with Crippen LogP contribution in [-0.2, 0) is 6.42 Å². The minimum Gasteiger partial charge on any atom is -0.366 e. The summed E-state index contributed by atoms with van der Waals surface area (Å²) in [6.45, 7) is 13.8. The van der Waals surface area contributed by atoms with E-state index in [0.717, 1.165) is 12.5 Å². The van der Waals surface area contributed by atoms with Crippen molar-refractivity contribution in [3.8, 4) is 0 Å². The molecule has 106 valence electrons. The molecule has 1 aliphatic heterocycles. The lowest BCUT2D eigenvalue weighted by Crippen LogP contribution is -2.51. The zero-order valence-electron chi connectivity index (χ0n) is 12.9. The number of hydrogen-bond donors (Lipinski definition) is 0. The Balaban J connectivity index is 2.02. The van der Waals surface area contributed by atoms with Gasteiger partial charge in [-0.25, -0.2) is 0 Å². The van der Waals surface area contributed by atoms with Crippen molar-refractivity contribution < 1.29 is 0 Å². The Morgan fingerprint density at radius 3 is 2.37 bits per heavy atom. The van der Waals surface area contributed by atoms with Gasteiger partial charge in [-0.05, 0) is 43.5 Å². The molecule has 0 aromatic heterocycles. The summed E-state index contributed by atoms with van der Waals surface area (Å²) in [7, 11) is 0. The molecule has 1 aliphatic rings. The Morgan fingerprint density at radius 1 is 1.16 bits per heavy atom. The van der Waals surface area contributed by atoms with Crippen molar-refractivity contribution in [1.29, 1.82) is 0 Å². The molecular formula is C17H28N2. The van der Waals surface area contributed by atoms with Gasteiger partial charge in [0.15, 0.2) is 0 Å². The number of likely N-dealkylation sites (N-methyl/N-ethyl adjacent to an activating group) is 1. The standard InChI is InChI=1S/C17H28N2/c1-5-18-10-11-19(15(4)13-18)17-8-6-16(7-9-17)12-14(2)3/h6-9,14-15H,5,10-13H2,1-4H3. The molecule has 1 heterocycles. The van der Waals surface area contributed by atoms with E-state index in [1.807, 2.05) is 0 Å². The summed E-state index contributed by atoms with van der Waals surface area (Å²) in [6, 6.07) is 9.82. The molecule has 1 aromatic rings. The van der Waals surface area contributed by atoms with E-state index in [1.54, 1.807) is 0 Å². The summed E-state index contributed by atoms with van der Waals surface area (Å²) < 4.78 is 0. The highest BCUT2D eigenvalue weighted by Gasteiger charge is 2.22. The number of benzene rings is 1. The first-order valence-electron chi connectivity index (χ1n) is 7.68. The maximum Gasteiger partial charge on any atom is 0.0389 e. The van der Waals surface area contributed by atoms with Crippen LogP contribution in [-0.4, -0.2) is 37.1 Å². The van der Waals surface area contributed by atoms with Crippen molar-refractivity contribution in [2.24, 2.45) is 5.92 Å². The Bertz CT molecular complexity index is 383. The number of hydrogen-bond acceptors (Lipinski definition) is 2. The second-order valence-electron chi connectivity index (χ2n) is 6.20. The van der Waals surface area contributed by atoms with Gasteiger partial charge in [0.05, 0.1) is 0 Å². The molecule has 2 heteroatoms. The van der Waals surface area contributed by atoms with E-state index in [-0.39, 0.29) is 0 Å². The molecule has 2 nitrogen and oxygen atoms in total. The molecule has 0 aliphatic carbocycles. The summed E-state index contributed by atoms with van der Waals surface area (Å²) in [4.78, 5) is 5.08. The van der Waals surface area contributed by atoms with Gasteiger partial charge < -0.3 is 4.90 Å². The van der Waals surface area contributed by atoms with Crippen molar-refractivity contribution in [2.45, 2.75) is 40.2 Å². The quantitative estimate of drug-likeness (QED) is 0.818. The molecule has 0 saturated carbocycles. The van der Waals surface area contributed by atoms with Crippen LogP contribution in [0.4, 0.5) is 5.69 Å². The predicted octanol–water partition coefficient (Wildman–Crippen LogP) is 3.42. The molecule has 19 heavy (non-hydrogen) atoms. The van der Waals surface area contributed by atoms with E-state index >= 15 is 0 Å². The van der Waals surface area contributed by atoms with Crippen LogP contribution in [0.5, 0.6) is 0 Å². The van der Waals surface area contributed by atoms with Gasteiger partial charge in [0.1, 0.15) is 0 Å². The normalized spacial score (nSPS) is 21.1. The minimum atomic E-state index is 0.615. The fourth-order valence-corrected chi connectivity index (χ4v) is 3.00. The van der Waals surface area contributed by atoms with Crippen molar-refractivity contribution >= 4 is 5.69 Å². The van der Waals surface area contributed by atoms with Crippen LogP contribution in [0.25, 0.3) is 0 Å². The molecule has 0 spiro atoms. The first-order chi connectivity index (χ1) is 9.10. The molecule has 1 saturated heterocycles. The minimum absolute atomic E-state index is 0.615. The fourth-order valence-electron chi connectivity index (χ4n) is 3.00. The molecule has 1 aromatic carbocycles. The van der Waals surface area contributed by atoms with Gasteiger partial charge in [-0.2, -0.15) is 0 Å². The van der Waals surface area contributed by atoms with Crippen LogP contribution >= 0.6 is 0 Å². The van der Waals surface area contributed by atoms with Crippen molar-refractivity contribution in [2.75, 3.05) is 31.1 Å². The number of rotatable bonds is 4. The van der Waals surface area contributed by atoms with Crippen molar-refractivity contribution in [3.63, 3.8) is 0 Å². The summed E-state index contributed by atoms with van der Waals surface area (Å²) in [5.41, 5.74) is 2.84. The lowest BCUT2D eigenvalue weighted by atomic mass is 10.0. The van der Waals surface area contributed by atoms with E-state index in [2.05, 4.69) is 61.8 Å². The molecule has 1 atom stereocenters. The maximum absolute atomic E-state index is 2.55. The third-order valence-corrected chi connectivity index (χ3v) is 4.07. The van der Waals surface area contributed by atoms with Crippen LogP contribution < -0.4 is 4.90 Å².